The highest BCUT2D eigenvalue weighted by Gasteiger charge is 2.04. The zero-order valence-electron chi connectivity index (χ0n) is 8.24. The number of thiophene rings is 1. The van der Waals surface area contributed by atoms with Gasteiger partial charge in [0.2, 0.25) is 0 Å². The minimum Gasteiger partial charge on any atom is -0.485 e. The summed E-state index contributed by atoms with van der Waals surface area (Å²) in [6.07, 6.45) is 0. The largest absolute Gasteiger partial charge is 0.485 e. The van der Waals surface area contributed by atoms with Crippen LogP contribution in [0.15, 0.2) is 34.1 Å². The van der Waals surface area contributed by atoms with E-state index in [0.29, 0.717) is 12.3 Å². The van der Waals surface area contributed by atoms with Crippen molar-refractivity contribution < 1.29 is 9.13 Å². The maximum absolute atomic E-state index is 13.3. The third-order valence-electron chi connectivity index (χ3n) is 1.95. The quantitative estimate of drug-likeness (QED) is 0.875. The first-order chi connectivity index (χ1) is 7.65. The molecule has 0 aliphatic carbocycles. The molecule has 0 unspecified atom stereocenters. The lowest BCUT2D eigenvalue weighted by Gasteiger charge is -2.06. The Kier molecular flexibility index (Phi) is 3.46. The lowest BCUT2D eigenvalue weighted by molar-refractivity contribution is 0.293. The van der Waals surface area contributed by atoms with Crippen molar-refractivity contribution in [3.8, 4) is 5.75 Å². The van der Waals surface area contributed by atoms with Crippen molar-refractivity contribution in [2.45, 2.75) is 6.61 Å². The molecule has 2 N–H and O–H groups in total. The van der Waals surface area contributed by atoms with Gasteiger partial charge in [0.15, 0.2) is 11.6 Å². The Morgan fingerprint density at radius 3 is 2.75 bits per heavy atom. The number of nitrogens with two attached hydrogens (primary N) is 1. The van der Waals surface area contributed by atoms with Crippen LogP contribution in [0, 0.1) is 5.82 Å². The molecular weight excluding hydrogens is 293 g/mol. The maximum Gasteiger partial charge on any atom is 0.167 e. The van der Waals surface area contributed by atoms with Crippen LogP contribution in [0.2, 0.25) is 0 Å². The van der Waals surface area contributed by atoms with E-state index in [1.54, 1.807) is 17.4 Å². The molecule has 2 rings (SSSR count). The molecule has 2 nitrogen and oxygen atoms in total. The van der Waals surface area contributed by atoms with E-state index in [4.69, 9.17) is 10.5 Å². The van der Waals surface area contributed by atoms with Gasteiger partial charge in [-0.1, -0.05) is 0 Å². The van der Waals surface area contributed by atoms with Gasteiger partial charge in [0.25, 0.3) is 0 Å². The van der Waals surface area contributed by atoms with Gasteiger partial charge in [-0.3, -0.25) is 0 Å². The number of ether oxygens (including phenoxy) is 1. The van der Waals surface area contributed by atoms with Crippen LogP contribution in [-0.2, 0) is 6.61 Å². The molecule has 5 heteroatoms. The summed E-state index contributed by atoms with van der Waals surface area (Å²) in [5.74, 6) is -0.214. The van der Waals surface area contributed by atoms with Crippen LogP contribution in [0.5, 0.6) is 5.75 Å². The Balaban J connectivity index is 2.04. The van der Waals surface area contributed by atoms with Crippen LogP contribution in [0.3, 0.4) is 0 Å². The summed E-state index contributed by atoms with van der Waals surface area (Å²) in [5.41, 5.74) is 5.83. The maximum atomic E-state index is 13.3. The van der Waals surface area contributed by atoms with E-state index < -0.39 is 5.82 Å². The number of anilines is 1. The van der Waals surface area contributed by atoms with E-state index in [1.807, 2.05) is 12.1 Å². The number of hydrogen-bond donors (Lipinski definition) is 1. The Labute approximate surface area is 105 Å². The van der Waals surface area contributed by atoms with E-state index in [9.17, 15) is 4.39 Å². The van der Waals surface area contributed by atoms with E-state index in [2.05, 4.69) is 15.9 Å². The minimum atomic E-state index is -0.435. The van der Waals surface area contributed by atoms with Crippen molar-refractivity contribution >= 4 is 33.0 Å². The van der Waals surface area contributed by atoms with Gasteiger partial charge in [0.1, 0.15) is 6.61 Å². The second-order valence-electron chi connectivity index (χ2n) is 3.18. The molecule has 2 aromatic rings. The average molecular weight is 302 g/mol. The second kappa shape index (κ2) is 4.84. The standard InChI is InChI=1S/C11H9BrFNOS/c12-11-4-2-8(16-11)6-15-10-3-1-7(14)5-9(10)13/h1-5H,6,14H2. The second-order valence-corrected chi connectivity index (χ2v) is 5.73. The van der Waals surface area contributed by atoms with Gasteiger partial charge in [-0.05, 0) is 40.2 Å². The SMILES string of the molecule is Nc1ccc(OCc2ccc(Br)s2)c(F)c1. The molecule has 84 valence electrons. The molecule has 0 amide bonds. The van der Waals surface area contributed by atoms with Crippen molar-refractivity contribution in [2.75, 3.05) is 5.73 Å². The number of benzene rings is 1. The summed E-state index contributed by atoms with van der Waals surface area (Å²) >= 11 is 4.92. The lowest BCUT2D eigenvalue weighted by atomic mass is 10.3. The molecule has 16 heavy (non-hydrogen) atoms. The minimum absolute atomic E-state index is 0.221. The number of rotatable bonds is 3. The summed E-state index contributed by atoms with van der Waals surface area (Å²) < 4.78 is 19.7. The van der Waals surface area contributed by atoms with Crippen molar-refractivity contribution in [1.82, 2.24) is 0 Å². The molecule has 1 heterocycles. The van der Waals surface area contributed by atoms with E-state index in [0.717, 1.165) is 8.66 Å². The molecule has 0 bridgehead atoms. The highest BCUT2D eigenvalue weighted by molar-refractivity contribution is 9.11. The van der Waals surface area contributed by atoms with Crippen molar-refractivity contribution in [2.24, 2.45) is 0 Å². The molecule has 0 atom stereocenters. The monoisotopic (exact) mass is 301 g/mol. The molecule has 0 aliphatic rings. The van der Waals surface area contributed by atoms with Gasteiger partial charge < -0.3 is 10.5 Å². The molecule has 0 saturated heterocycles. The molecule has 0 fully saturated rings. The number of nitrogen functional groups attached to an aromatic ring is 1. The third kappa shape index (κ3) is 2.74. The molecule has 1 aromatic carbocycles. The Bertz CT molecular complexity index is 500. The first-order valence-electron chi connectivity index (χ1n) is 4.57. The van der Waals surface area contributed by atoms with Gasteiger partial charge in [0.05, 0.1) is 3.79 Å². The summed E-state index contributed by atoms with van der Waals surface area (Å²) in [6.45, 7) is 0.358. The predicted molar refractivity (Wildman–Crippen MR) is 67.2 cm³/mol. The lowest BCUT2D eigenvalue weighted by Crippen LogP contribution is -1.96. The van der Waals surface area contributed by atoms with Crippen molar-refractivity contribution in [3.63, 3.8) is 0 Å². The molecule has 0 aliphatic heterocycles. The molecule has 0 spiro atoms. The van der Waals surface area contributed by atoms with Gasteiger partial charge in [-0.15, -0.1) is 11.3 Å². The summed E-state index contributed by atoms with van der Waals surface area (Å²) in [6, 6.07) is 8.27. The third-order valence-corrected chi connectivity index (χ3v) is 3.55. The van der Waals surface area contributed by atoms with Crippen LogP contribution in [0.25, 0.3) is 0 Å². The Hall–Kier alpha value is -1.07. The molecule has 1 aromatic heterocycles. The van der Waals surface area contributed by atoms with Crippen LogP contribution in [0.1, 0.15) is 4.88 Å². The van der Waals surface area contributed by atoms with Gasteiger partial charge >= 0.3 is 0 Å². The fraction of sp³-hybridized carbons (Fsp3) is 0.0909. The number of halogens is 2. The normalized spacial score (nSPS) is 10.4. The van der Waals surface area contributed by atoms with Gasteiger partial charge in [-0.25, -0.2) is 4.39 Å². The van der Waals surface area contributed by atoms with Gasteiger partial charge in [0, 0.05) is 16.6 Å². The predicted octanol–water partition coefficient (Wildman–Crippen LogP) is 3.81. The summed E-state index contributed by atoms with van der Waals surface area (Å²) in [7, 11) is 0. The van der Waals surface area contributed by atoms with Crippen molar-refractivity contribution in [3.05, 3.63) is 44.8 Å². The van der Waals surface area contributed by atoms with E-state index >= 15 is 0 Å². The summed E-state index contributed by atoms with van der Waals surface area (Å²) in [5, 5.41) is 0. The zero-order chi connectivity index (χ0) is 11.5. The van der Waals surface area contributed by atoms with Crippen LogP contribution in [-0.4, -0.2) is 0 Å². The first-order valence-corrected chi connectivity index (χ1v) is 6.18. The average Bonchev–Trinajstić information content (AvgIpc) is 2.63. The van der Waals surface area contributed by atoms with Crippen molar-refractivity contribution in [1.29, 1.82) is 0 Å². The molecule has 0 saturated carbocycles. The summed E-state index contributed by atoms with van der Waals surface area (Å²) in [4.78, 5) is 1.03. The fourth-order valence-electron chi connectivity index (χ4n) is 1.21. The Morgan fingerprint density at radius 2 is 2.12 bits per heavy atom. The van der Waals surface area contributed by atoms with E-state index in [-0.39, 0.29) is 5.75 Å². The fourth-order valence-corrected chi connectivity index (χ4v) is 2.61. The molecule has 0 radical (unpaired) electrons. The van der Waals surface area contributed by atoms with E-state index in [1.165, 1.54) is 12.1 Å². The smallest absolute Gasteiger partial charge is 0.167 e. The van der Waals surface area contributed by atoms with Crippen LogP contribution in [0.4, 0.5) is 10.1 Å². The molecular formula is C11H9BrFNOS. The number of hydrogen-bond acceptors (Lipinski definition) is 3. The van der Waals surface area contributed by atoms with Gasteiger partial charge in [-0.2, -0.15) is 0 Å². The Morgan fingerprint density at radius 1 is 1.31 bits per heavy atom. The highest BCUT2D eigenvalue weighted by atomic mass is 79.9. The highest BCUT2D eigenvalue weighted by Crippen LogP contribution is 2.25. The van der Waals surface area contributed by atoms with Crippen LogP contribution >= 0.6 is 27.3 Å². The topological polar surface area (TPSA) is 35.2 Å². The van der Waals surface area contributed by atoms with Crippen LogP contribution < -0.4 is 10.5 Å². The first kappa shape index (κ1) is 11.4. The zero-order valence-corrected chi connectivity index (χ0v) is 10.6.